The Morgan fingerprint density at radius 2 is 1.88 bits per heavy atom. The van der Waals surface area contributed by atoms with Gasteiger partial charge in [-0.3, -0.25) is 14.5 Å². The minimum absolute atomic E-state index is 0.189. The SMILES string of the molecule is Cc1ccc(C(C)NC(=O)CN2C(=O)NC3(CCCCC3)C2=O)cc1C. The molecular formula is C20H27N3O3. The van der Waals surface area contributed by atoms with Crippen molar-refractivity contribution in [1.82, 2.24) is 15.5 Å². The molecule has 0 radical (unpaired) electrons. The molecule has 1 aromatic rings. The van der Waals surface area contributed by atoms with E-state index >= 15 is 0 Å². The van der Waals surface area contributed by atoms with Crippen molar-refractivity contribution in [3.63, 3.8) is 0 Å². The number of imide groups is 1. The number of carbonyl (C=O) groups excluding carboxylic acids is 3. The first-order valence-electron chi connectivity index (χ1n) is 9.33. The van der Waals surface area contributed by atoms with Gasteiger partial charge in [0.2, 0.25) is 5.91 Å². The van der Waals surface area contributed by atoms with Gasteiger partial charge in [-0.15, -0.1) is 0 Å². The second-order valence-corrected chi connectivity index (χ2v) is 7.60. The molecule has 6 nitrogen and oxygen atoms in total. The summed E-state index contributed by atoms with van der Waals surface area (Å²) in [5, 5.41) is 5.72. The van der Waals surface area contributed by atoms with Gasteiger partial charge in [-0.1, -0.05) is 37.5 Å². The van der Waals surface area contributed by atoms with Crippen LogP contribution in [-0.2, 0) is 9.59 Å². The largest absolute Gasteiger partial charge is 0.348 e. The van der Waals surface area contributed by atoms with Gasteiger partial charge >= 0.3 is 6.03 Å². The van der Waals surface area contributed by atoms with Crippen molar-refractivity contribution in [2.24, 2.45) is 0 Å². The highest BCUT2D eigenvalue weighted by atomic mass is 16.2. The minimum atomic E-state index is -0.782. The Morgan fingerprint density at radius 1 is 1.19 bits per heavy atom. The van der Waals surface area contributed by atoms with Gasteiger partial charge in [-0.05, 0) is 50.3 Å². The van der Waals surface area contributed by atoms with Crippen LogP contribution in [0.4, 0.5) is 4.79 Å². The van der Waals surface area contributed by atoms with E-state index in [2.05, 4.69) is 10.6 Å². The molecule has 4 amide bonds. The molecule has 2 N–H and O–H groups in total. The lowest BCUT2D eigenvalue weighted by atomic mass is 9.82. The fraction of sp³-hybridized carbons (Fsp3) is 0.550. The van der Waals surface area contributed by atoms with Crippen LogP contribution < -0.4 is 10.6 Å². The molecule has 1 aromatic carbocycles. The summed E-state index contributed by atoms with van der Waals surface area (Å²) in [6.45, 7) is 5.74. The van der Waals surface area contributed by atoms with Gasteiger partial charge in [0.05, 0.1) is 6.04 Å². The third-order valence-electron chi connectivity index (χ3n) is 5.66. The molecule has 1 saturated heterocycles. The molecule has 1 aliphatic carbocycles. The van der Waals surface area contributed by atoms with Crippen molar-refractivity contribution >= 4 is 17.8 Å². The zero-order chi connectivity index (χ0) is 18.9. The van der Waals surface area contributed by atoms with Crippen LogP contribution in [0.2, 0.25) is 0 Å². The molecule has 1 atom stereocenters. The number of carbonyl (C=O) groups is 3. The molecule has 0 bridgehead atoms. The second-order valence-electron chi connectivity index (χ2n) is 7.60. The van der Waals surface area contributed by atoms with Gasteiger partial charge in [-0.25, -0.2) is 4.79 Å². The molecule has 2 fully saturated rings. The average Bonchev–Trinajstić information content (AvgIpc) is 2.82. The molecule has 1 heterocycles. The van der Waals surface area contributed by atoms with E-state index in [1.54, 1.807) is 0 Å². The number of amides is 4. The fourth-order valence-corrected chi connectivity index (χ4v) is 3.86. The number of hydrogen-bond acceptors (Lipinski definition) is 3. The Labute approximate surface area is 154 Å². The number of aryl methyl sites for hydroxylation is 2. The summed E-state index contributed by atoms with van der Waals surface area (Å²) in [4.78, 5) is 38.4. The first-order valence-corrected chi connectivity index (χ1v) is 9.33. The van der Waals surface area contributed by atoms with Gasteiger partial charge in [0.1, 0.15) is 12.1 Å². The highest BCUT2D eigenvalue weighted by Gasteiger charge is 2.51. The number of nitrogens with one attached hydrogen (secondary N) is 2. The Bertz CT molecular complexity index is 738. The Hall–Kier alpha value is -2.37. The third-order valence-corrected chi connectivity index (χ3v) is 5.66. The van der Waals surface area contributed by atoms with E-state index in [4.69, 9.17) is 0 Å². The van der Waals surface area contributed by atoms with E-state index < -0.39 is 11.6 Å². The molecule has 1 unspecified atom stereocenters. The first-order chi connectivity index (χ1) is 12.3. The summed E-state index contributed by atoms with van der Waals surface area (Å²) < 4.78 is 0. The maximum Gasteiger partial charge on any atom is 0.325 e. The molecule has 140 valence electrons. The number of benzene rings is 1. The van der Waals surface area contributed by atoms with E-state index in [1.807, 2.05) is 39.0 Å². The summed E-state index contributed by atoms with van der Waals surface area (Å²) in [6, 6.07) is 5.41. The predicted molar refractivity (Wildman–Crippen MR) is 98.5 cm³/mol. The molecule has 26 heavy (non-hydrogen) atoms. The number of rotatable bonds is 4. The Balaban J connectivity index is 1.63. The molecule has 1 spiro atoms. The van der Waals surface area contributed by atoms with Crippen LogP contribution in [0, 0.1) is 13.8 Å². The van der Waals surface area contributed by atoms with Crippen LogP contribution in [0.1, 0.15) is 61.8 Å². The highest BCUT2D eigenvalue weighted by Crippen LogP contribution is 2.33. The van der Waals surface area contributed by atoms with Gasteiger partial charge in [-0.2, -0.15) is 0 Å². The van der Waals surface area contributed by atoms with Crippen LogP contribution >= 0.6 is 0 Å². The smallest absolute Gasteiger partial charge is 0.325 e. The summed E-state index contributed by atoms with van der Waals surface area (Å²) in [5.41, 5.74) is 2.58. The Kier molecular flexibility index (Phi) is 5.03. The van der Waals surface area contributed by atoms with E-state index in [0.717, 1.165) is 35.3 Å². The van der Waals surface area contributed by atoms with Crippen LogP contribution in [0.5, 0.6) is 0 Å². The zero-order valence-electron chi connectivity index (χ0n) is 15.7. The fourth-order valence-electron chi connectivity index (χ4n) is 3.86. The number of nitrogens with zero attached hydrogens (tertiary/aromatic N) is 1. The maximum absolute atomic E-state index is 12.7. The van der Waals surface area contributed by atoms with E-state index in [-0.39, 0.29) is 24.4 Å². The lowest BCUT2D eigenvalue weighted by Crippen LogP contribution is -2.49. The number of hydrogen-bond donors (Lipinski definition) is 2. The third kappa shape index (κ3) is 3.45. The predicted octanol–water partition coefficient (Wildman–Crippen LogP) is 2.74. The summed E-state index contributed by atoms with van der Waals surface area (Å²) in [7, 11) is 0. The van der Waals surface area contributed by atoms with Crippen LogP contribution in [-0.4, -0.2) is 34.8 Å². The van der Waals surface area contributed by atoms with Crippen molar-refractivity contribution in [3.8, 4) is 0 Å². The summed E-state index contributed by atoms with van der Waals surface area (Å²) >= 11 is 0. The quantitative estimate of drug-likeness (QED) is 0.813. The minimum Gasteiger partial charge on any atom is -0.348 e. The lowest BCUT2D eigenvalue weighted by Gasteiger charge is -2.30. The van der Waals surface area contributed by atoms with Crippen molar-refractivity contribution in [1.29, 1.82) is 0 Å². The molecule has 3 rings (SSSR count). The van der Waals surface area contributed by atoms with E-state index in [0.29, 0.717) is 12.8 Å². The summed E-state index contributed by atoms with van der Waals surface area (Å²) in [6.07, 6.45) is 4.26. The maximum atomic E-state index is 12.7. The molecular weight excluding hydrogens is 330 g/mol. The van der Waals surface area contributed by atoms with Gasteiger partial charge < -0.3 is 10.6 Å². The molecule has 2 aliphatic rings. The van der Waals surface area contributed by atoms with Gasteiger partial charge in [0.25, 0.3) is 5.91 Å². The van der Waals surface area contributed by atoms with Crippen molar-refractivity contribution in [3.05, 3.63) is 34.9 Å². The van der Waals surface area contributed by atoms with Crippen molar-refractivity contribution < 1.29 is 14.4 Å². The molecule has 1 aliphatic heterocycles. The van der Waals surface area contributed by atoms with Gasteiger partial charge in [0.15, 0.2) is 0 Å². The van der Waals surface area contributed by atoms with E-state index in [1.165, 1.54) is 5.56 Å². The standard InChI is InChI=1S/C20H27N3O3/c1-13-7-8-16(11-14(13)2)15(3)21-17(24)12-23-18(25)20(22-19(23)26)9-5-4-6-10-20/h7-8,11,15H,4-6,9-10,12H2,1-3H3,(H,21,24)(H,22,26). The first kappa shape index (κ1) is 18.4. The average molecular weight is 357 g/mol. The monoisotopic (exact) mass is 357 g/mol. The molecule has 0 aromatic heterocycles. The molecule has 1 saturated carbocycles. The second kappa shape index (κ2) is 7.09. The Morgan fingerprint density at radius 3 is 2.54 bits per heavy atom. The molecule has 6 heteroatoms. The zero-order valence-corrected chi connectivity index (χ0v) is 15.7. The normalized spacial score (nSPS) is 20.2. The van der Waals surface area contributed by atoms with Crippen LogP contribution in [0.25, 0.3) is 0 Å². The van der Waals surface area contributed by atoms with Gasteiger partial charge in [0, 0.05) is 0 Å². The highest BCUT2D eigenvalue weighted by molar-refractivity contribution is 6.09. The number of urea groups is 1. The van der Waals surface area contributed by atoms with Crippen LogP contribution in [0.3, 0.4) is 0 Å². The van der Waals surface area contributed by atoms with Crippen LogP contribution in [0.15, 0.2) is 18.2 Å². The van der Waals surface area contributed by atoms with Crippen molar-refractivity contribution in [2.45, 2.75) is 64.5 Å². The lowest BCUT2D eigenvalue weighted by molar-refractivity contribution is -0.136. The van der Waals surface area contributed by atoms with E-state index in [9.17, 15) is 14.4 Å². The summed E-state index contributed by atoms with van der Waals surface area (Å²) in [5.74, 6) is -0.580. The topological polar surface area (TPSA) is 78.5 Å². The van der Waals surface area contributed by atoms with Crippen molar-refractivity contribution in [2.75, 3.05) is 6.54 Å².